The molecule has 14 heteroatoms. The molecule has 13 nitrogen and oxygen atoms in total. The number of carbonyl (C=O) groups excluding carboxylic acids is 3. The van der Waals surface area contributed by atoms with Gasteiger partial charge in [0.25, 0.3) is 0 Å². The fourth-order valence-electron chi connectivity index (χ4n) is 2.25. The minimum absolute atomic E-state index is 0.123. The molecule has 0 fully saturated rings. The van der Waals surface area contributed by atoms with E-state index in [-0.39, 0.29) is 12.2 Å². The van der Waals surface area contributed by atoms with Gasteiger partial charge in [-0.2, -0.15) is 12.6 Å². The molecule has 0 spiro atoms. The van der Waals surface area contributed by atoms with Crippen LogP contribution in [-0.4, -0.2) is 88.1 Å². The Labute approximate surface area is 178 Å². The van der Waals surface area contributed by atoms with E-state index < -0.39 is 66.9 Å². The molecular formula is C16H29N5O8S. The van der Waals surface area contributed by atoms with Gasteiger partial charge in [-0.15, -0.1) is 0 Å². The van der Waals surface area contributed by atoms with Gasteiger partial charge >= 0.3 is 11.9 Å². The average Bonchev–Trinajstić information content (AvgIpc) is 2.68. The van der Waals surface area contributed by atoms with Gasteiger partial charge in [0.05, 0.1) is 19.1 Å². The number of hydrogen-bond acceptors (Lipinski definition) is 9. The Hall–Kier alpha value is -2.42. The number of aliphatic carboxylic acids is 2. The van der Waals surface area contributed by atoms with E-state index >= 15 is 0 Å². The highest BCUT2D eigenvalue weighted by molar-refractivity contribution is 7.80. The van der Waals surface area contributed by atoms with Crippen molar-refractivity contribution in [1.29, 1.82) is 0 Å². The molecule has 4 atom stereocenters. The van der Waals surface area contributed by atoms with Crippen LogP contribution in [0.2, 0.25) is 0 Å². The summed E-state index contributed by atoms with van der Waals surface area (Å²) in [5, 5.41) is 33.4. The first-order valence-corrected chi connectivity index (χ1v) is 9.73. The average molecular weight is 452 g/mol. The maximum absolute atomic E-state index is 12.5. The van der Waals surface area contributed by atoms with Crippen LogP contribution < -0.4 is 27.4 Å². The summed E-state index contributed by atoms with van der Waals surface area (Å²) in [6.07, 6.45) is 0.457. The number of rotatable bonds is 15. The maximum atomic E-state index is 12.5. The maximum Gasteiger partial charge on any atom is 0.328 e. The third-order valence-corrected chi connectivity index (χ3v) is 4.29. The Morgan fingerprint density at radius 1 is 0.867 bits per heavy atom. The zero-order chi connectivity index (χ0) is 23.3. The van der Waals surface area contributed by atoms with Gasteiger partial charge in [-0.3, -0.25) is 19.2 Å². The van der Waals surface area contributed by atoms with Gasteiger partial charge in [-0.1, -0.05) is 0 Å². The number of unbranched alkanes of at least 4 members (excludes halogenated alkanes) is 1. The lowest BCUT2D eigenvalue weighted by Gasteiger charge is -2.24. The molecule has 0 aliphatic heterocycles. The molecule has 0 saturated heterocycles. The van der Waals surface area contributed by atoms with E-state index in [1.165, 1.54) is 0 Å². The number of carbonyl (C=O) groups is 5. The molecule has 0 rings (SSSR count). The molecule has 4 unspecified atom stereocenters. The predicted octanol–water partition coefficient (Wildman–Crippen LogP) is -3.62. The number of hydrogen-bond donors (Lipinski definition) is 9. The lowest BCUT2D eigenvalue weighted by Crippen LogP contribution is -2.58. The van der Waals surface area contributed by atoms with E-state index in [9.17, 15) is 24.0 Å². The number of nitrogens with one attached hydrogen (secondary N) is 3. The summed E-state index contributed by atoms with van der Waals surface area (Å²) in [4.78, 5) is 58.5. The van der Waals surface area contributed by atoms with Crippen molar-refractivity contribution in [2.75, 3.05) is 18.9 Å². The van der Waals surface area contributed by atoms with Crippen molar-refractivity contribution in [2.24, 2.45) is 11.5 Å². The number of amides is 3. The van der Waals surface area contributed by atoms with Crippen LogP contribution in [0.25, 0.3) is 0 Å². The van der Waals surface area contributed by atoms with Crippen molar-refractivity contribution in [3.63, 3.8) is 0 Å². The summed E-state index contributed by atoms with van der Waals surface area (Å²) in [6, 6.07) is -5.33. The van der Waals surface area contributed by atoms with Crippen LogP contribution in [0.3, 0.4) is 0 Å². The first kappa shape index (κ1) is 27.6. The number of carboxylic acids is 2. The van der Waals surface area contributed by atoms with Crippen molar-refractivity contribution in [3.05, 3.63) is 0 Å². The minimum Gasteiger partial charge on any atom is -0.481 e. The highest BCUT2D eigenvalue weighted by atomic mass is 32.1. The molecule has 0 aromatic heterocycles. The van der Waals surface area contributed by atoms with Crippen molar-refractivity contribution >= 4 is 42.3 Å². The monoisotopic (exact) mass is 451 g/mol. The number of nitrogens with two attached hydrogens (primary N) is 2. The van der Waals surface area contributed by atoms with E-state index in [0.29, 0.717) is 19.4 Å². The third-order valence-electron chi connectivity index (χ3n) is 3.92. The molecule has 30 heavy (non-hydrogen) atoms. The number of aliphatic hydroxyl groups excluding tert-OH is 1. The van der Waals surface area contributed by atoms with Crippen molar-refractivity contribution in [1.82, 2.24) is 16.0 Å². The highest BCUT2D eigenvalue weighted by Crippen LogP contribution is 2.03. The predicted molar refractivity (Wildman–Crippen MR) is 108 cm³/mol. The van der Waals surface area contributed by atoms with Crippen LogP contribution in [-0.2, 0) is 24.0 Å². The van der Waals surface area contributed by atoms with Crippen LogP contribution in [0.15, 0.2) is 0 Å². The molecule has 0 radical (unpaired) electrons. The van der Waals surface area contributed by atoms with Crippen LogP contribution in [0, 0.1) is 0 Å². The lowest BCUT2D eigenvalue weighted by molar-refractivity contribution is -0.143. The first-order valence-electron chi connectivity index (χ1n) is 9.10. The van der Waals surface area contributed by atoms with Crippen LogP contribution >= 0.6 is 12.6 Å². The minimum atomic E-state index is -1.55. The van der Waals surface area contributed by atoms with Gasteiger partial charge in [0.1, 0.15) is 18.1 Å². The van der Waals surface area contributed by atoms with E-state index in [1.54, 1.807) is 0 Å². The molecule has 0 aromatic carbocycles. The largest absolute Gasteiger partial charge is 0.481 e. The molecule has 0 heterocycles. The topological polar surface area (TPSA) is 234 Å². The van der Waals surface area contributed by atoms with Gasteiger partial charge in [0.15, 0.2) is 0 Å². The SMILES string of the molecule is NCCCCC(NC(=O)C(CS)NC(=O)C(N)CC(=O)O)C(=O)NC(CO)C(=O)O. The second kappa shape index (κ2) is 14.5. The molecular weight excluding hydrogens is 422 g/mol. The zero-order valence-electron chi connectivity index (χ0n) is 16.2. The van der Waals surface area contributed by atoms with Crippen molar-refractivity contribution in [2.45, 2.75) is 49.9 Å². The third kappa shape index (κ3) is 10.4. The lowest BCUT2D eigenvalue weighted by atomic mass is 10.1. The summed E-state index contributed by atoms with van der Waals surface area (Å²) in [6.45, 7) is -0.505. The van der Waals surface area contributed by atoms with Crippen molar-refractivity contribution < 1.29 is 39.3 Å². The normalized spacial score (nSPS) is 14.7. The summed E-state index contributed by atoms with van der Waals surface area (Å²) in [7, 11) is 0. The van der Waals surface area contributed by atoms with E-state index in [0.717, 1.165) is 0 Å². The highest BCUT2D eigenvalue weighted by Gasteiger charge is 2.29. The Bertz CT molecular complexity index is 620. The fourth-order valence-corrected chi connectivity index (χ4v) is 2.50. The van der Waals surface area contributed by atoms with Crippen LogP contribution in [0.4, 0.5) is 0 Å². The van der Waals surface area contributed by atoms with Crippen molar-refractivity contribution in [3.8, 4) is 0 Å². The second-order valence-corrected chi connectivity index (χ2v) is 6.74. The van der Waals surface area contributed by atoms with Crippen LogP contribution in [0.1, 0.15) is 25.7 Å². The smallest absolute Gasteiger partial charge is 0.328 e. The number of aliphatic hydroxyl groups is 1. The summed E-state index contributed by atoms with van der Waals surface area (Å²) in [5.41, 5.74) is 10.9. The van der Waals surface area contributed by atoms with Gasteiger partial charge in [0.2, 0.25) is 17.7 Å². The molecule has 10 N–H and O–H groups in total. The molecule has 0 aliphatic rings. The number of carboxylic acid groups (broad SMARTS) is 2. The molecule has 3 amide bonds. The second-order valence-electron chi connectivity index (χ2n) is 6.38. The fraction of sp³-hybridized carbons (Fsp3) is 0.688. The van der Waals surface area contributed by atoms with Gasteiger partial charge < -0.3 is 42.7 Å². The van der Waals surface area contributed by atoms with E-state index in [4.69, 9.17) is 26.8 Å². The standard InChI is InChI=1S/C16H29N5O8S/c17-4-2-1-3-9(14(26)20-10(6-22)16(28)29)19-15(27)11(7-30)21-13(25)8(18)5-12(23)24/h8-11,22,30H,1-7,17-18H2,(H,19,27)(H,20,26)(H,21,25)(H,23,24)(H,28,29). The summed E-state index contributed by atoms with van der Waals surface area (Å²) < 4.78 is 0. The molecule has 0 aliphatic carbocycles. The molecule has 0 bridgehead atoms. The Kier molecular flexibility index (Phi) is 13.4. The van der Waals surface area contributed by atoms with E-state index in [1.807, 2.05) is 0 Å². The van der Waals surface area contributed by atoms with E-state index in [2.05, 4.69) is 28.6 Å². The first-order chi connectivity index (χ1) is 14.1. The molecule has 0 aromatic rings. The zero-order valence-corrected chi connectivity index (χ0v) is 17.1. The molecule has 172 valence electrons. The van der Waals surface area contributed by atoms with Gasteiger partial charge in [0, 0.05) is 5.75 Å². The molecule has 0 saturated carbocycles. The number of thiol groups is 1. The van der Waals surface area contributed by atoms with Crippen LogP contribution in [0.5, 0.6) is 0 Å². The summed E-state index contributed by atoms with van der Waals surface area (Å²) >= 11 is 3.96. The summed E-state index contributed by atoms with van der Waals surface area (Å²) in [5.74, 6) is -5.45. The van der Waals surface area contributed by atoms with Gasteiger partial charge in [-0.05, 0) is 25.8 Å². The van der Waals surface area contributed by atoms with Gasteiger partial charge in [-0.25, -0.2) is 4.79 Å². The Morgan fingerprint density at radius 2 is 1.40 bits per heavy atom. The Balaban J connectivity index is 5.16. The Morgan fingerprint density at radius 3 is 1.87 bits per heavy atom. The quantitative estimate of drug-likeness (QED) is 0.0875.